The summed E-state index contributed by atoms with van der Waals surface area (Å²) in [6.45, 7) is 1.47. The Morgan fingerprint density at radius 1 is 1.36 bits per heavy atom. The maximum Gasteiger partial charge on any atom is 0.159 e. The van der Waals surface area contributed by atoms with Crippen LogP contribution in [-0.4, -0.2) is 19.0 Å². The van der Waals surface area contributed by atoms with Crippen LogP contribution in [-0.2, 0) is 9.53 Å². The Kier molecular flexibility index (Phi) is 1.62. The van der Waals surface area contributed by atoms with E-state index in [0.717, 1.165) is 13.0 Å². The highest BCUT2D eigenvalue weighted by Gasteiger charge is 2.16. The summed E-state index contributed by atoms with van der Waals surface area (Å²) >= 11 is 0. The maximum atomic E-state index is 11.0. The number of hydrogen-bond acceptors (Lipinski definition) is 2. The lowest BCUT2D eigenvalue weighted by Crippen LogP contribution is -2.15. The Balaban J connectivity index is 2.26. The summed E-state index contributed by atoms with van der Waals surface area (Å²) in [5.74, 6) is 0.227. The highest BCUT2D eigenvalue weighted by atomic mass is 16.5. The van der Waals surface area contributed by atoms with E-state index >= 15 is 0 Å². The molecule has 11 heavy (non-hydrogen) atoms. The van der Waals surface area contributed by atoms with E-state index in [-0.39, 0.29) is 5.78 Å². The molecule has 0 fully saturated rings. The van der Waals surface area contributed by atoms with Crippen LogP contribution in [0.25, 0.3) is 0 Å². The number of rotatable bonds is 0. The van der Waals surface area contributed by atoms with Gasteiger partial charge in [-0.05, 0) is 18.1 Å². The van der Waals surface area contributed by atoms with E-state index in [4.69, 9.17) is 4.74 Å². The average Bonchev–Trinajstić information content (AvgIpc) is 2.04. The lowest BCUT2D eigenvalue weighted by molar-refractivity contribution is -0.114. The van der Waals surface area contributed by atoms with Crippen LogP contribution in [0.5, 0.6) is 0 Å². The minimum absolute atomic E-state index is 0.227. The molecule has 0 aromatic rings. The second-order valence-corrected chi connectivity index (χ2v) is 2.91. The van der Waals surface area contributed by atoms with Gasteiger partial charge in [-0.25, -0.2) is 0 Å². The molecule has 0 bridgehead atoms. The molecule has 1 heterocycles. The van der Waals surface area contributed by atoms with Crippen LogP contribution in [0.15, 0.2) is 23.3 Å². The SMILES string of the molecule is O=C1C=CC2=C(CCOC2)C1. The van der Waals surface area contributed by atoms with Crippen LogP contribution in [0.4, 0.5) is 0 Å². The van der Waals surface area contributed by atoms with Crippen LogP contribution in [0.1, 0.15) is 12.8 Å². The lowest BCUT2D eigenvalue weighted by Gasteiger charge is -2.20. The molecule has 0 aromatic carbocycles. The minimum atomic E-state index is 0.227. The normalized spacial score (nSPS) is 23.8. The fourth-order valence-corrected chi connectivity index (χ4v) is 1.47. The Labute approximate surface area is 65.5 Å². The first-order valence-corrected chi connectivity index (χ1v) is 3.86. The second kappa shape index (κ2) is 2.62. The number of allylic oxidation sites excluding steroid dienone is 1. The molecule has 58 valence electrons. The van der Waals surface area contributed by atoms with E-state index in [9.17, 15) is 4.79 Å². The van der Waals surface area contributed by atoms with Gasteiger partial charge in [0.05, 0.1) is 13.2 Å². The van der Waals surface area contributed by atoms with Crippen LogP contribution < -0.4 is 0 Å². The third-order valence-electron chi connectivity index (χ3n) is 2.12. The second-order valence-electron chi connectivity index (χ2n) is 2.91. The summed E-state index contributed by atoms with van der Waals surface area (Å²) in [4.78, 5) is 11.0. The molecule has 2 aliphatic rings. The van der Waals surface area contributed by atoms with Crippen LogP contribution in [0.3, 0.4) is 0 Å². The number of carbonyl (C=O) groups excluding carboxylic acids is 1. The molecule has 2 heteroatoms. The molecule has 0 spiro atoms. The van der Waals surface area contributed by atoms with Crippen molar-refractivity contribution in [3.05, 3.63) is 23.3 Å². The third-order valence-corrected chi connectivity index (χ3v) is 2.12. The predicted octanol–water partition coefficient (Wildman–Crippen LogP) is 1.23. The van der Waals surface area contributed by atoms with Crippen molar-refractivity contribution < 1.29 is 9.53 Å². The molecule has 0 aromatic heterocycles. The number of ether oxygens (including phenoxy) is 1. The van der Waals surface area contributed by atoms with Crippen LogP contribution >= 0.6 is 0 Å². The Bertz CT molecular complexity index is 248. The topological polar surface area (TPSA) is 26.3 Å². The van der Waals surface area contributed by atoms with Gasteiger partial charge in [-0.3, -0.25) is 4.79 Å². The zero-order valence-electron chi connectivity index (χ0n) is 6.30. The molecule has 0 saturated heterocycles. The smallest absolute Gasteiger partial charge is 0.159 e. The van der Waals surface area contributed by atoms with Gasteiger partial charge in [0.2, 0.25) is 0 Å². The summed E-state index contributed by atoms with van der Waals surface area (Å²) in [5, 5.41) is 0. The Morgan fingerprint density at radius 2 is 2.27 bits per heavy atom. The van der Waals surface area contributed by atoms with Crippen molar-refractivity contribution in [2.24, 2.45) is 0 Å². The molecule has 0 N–H and O–H groups in total. The molecule has 0 atom stereocenters. The number of carbonyl (C=O) groups is 1. The van der Waals surface area contributed by atoms with Crippen LogP contribution in [0, 0.1) is 0 Å². The molecule has 0 saturated carbocycles. The van der Waals surface area contributed by atoms with Gasteiger partial charge in [-0.1, -0.05) is 11.6 Å². The summed E-state index contributed by atoms with van der Waals surface area (Å²) in [6.07, 6.45) is 5.09. The fraction of sp³-hybridized carbons (Fsp3) is 0.444. The van der Waals surface area contributed by atoms with E-state index in [0.29, 0.717) is 13.0 Å². The lowest BCUT2D eigenvalue weighted by atomic mass is 9.94. The van der Waals surface area contributed by atoms with Gasteiger partial charge in [-0.15, -0.1) is 0 Å². The monoisotopic (exact) mass is 150 g/mol. The first-order chi connectivity index (χ1) is 5.36. The van der Waals surface area contributed by atoms with Gasteiger partial charge in [0, 0.05) is 6.42 Å². The number of hydrogen-bond donors (Lipinski definition) is 0. The van der Waals surface area contributed by atoms with Crippen molar-refractivity contribution in [2.45, 2.75) is 12.8 Å². The van der Waals surface area contributed by atoms with Gasteiger partial charge in [-0.2, -0.15) is 0 Å². The molecular formula is C9H10O2. The highest BCUT2D eigenvalue weighted by Crippen LogP contribution is 2.23. The fourth-order valence-electron chi connectivity index (χ4n) is 1.47. The molecule has 2 nitrogen and oxygen atoms in total. The van der Waals surface area contributed by atoms with Crippen molar-refractivity contribution in [3.63, 3.8) is 0 Å². The van der Waals surface area contributed by atoms with Gasteiger partial charge < -0.3 is 4.74 Å². The van der Waals surface area contributed by atoms with Gasteiger partial charge in [0.15, 0.2) is 5.78 Å². The average molecular weight is 150 g/mol. The van der Waals surface area contributed by atoms with Crippen molar-refractivity contribution in [3.8, 4) is 0 Å². The molecule has 1 aliphatic heterocycles. The van der Waals surface area contributed by atoms with E-state index in [1.807, 2.05) is 6.08 Å². The zero-order chi connectivity index (χ0) is 7.68. The quantitative estimate of drug-likeness (QED) is 0.519. The minimum Gasteiger partial charge on any atom is -0.376 e. The first kappa shape index (κ1) is 6.80. The van der Waals surface area contributed by atoms with Crippen molar-refractivity contribution >= 4 is 5.78 Å². The first-order valence-electron chi connectivity index (χ1n) is 3.86. The molecule has 1 aliphatic carbocycles. The van der Waals surface area contributed by atoms with Crippen molar-refractivity contribution in [1.29, 1.82) is 0 Å². The zero-order valence-corrected chi connectivity index (χ0v) is 6.30. The molecule has 0 amide bonds. The molecule has 2 rings (SSSR count). The highest BCUT2D eigenvalue weighted by molar-refractivity contribution is 5.93. The standard InChI is InChI=1S/C9H10O2/c10-9-2-1-8-6-11-4-3-7(8)5-9/h1-2H,3-6H2. The third kappa shape index (κ3) is 1.26. The largest absolute Gasteiger partial charge is 0.376 e. The summed E-state index contributed by atoms with van der Waals surface area (Å²) in [6, 6.07) is 0. The molecular weight excluding hydrogens is 140 g/mol. The number of ketones is 1. The van der Waals surface area contributed by atoms with E-state index in [1.54, 1.807) is 6.08 Å². The molecule has 0 unspecified atom stereocenters. The summed E-state index contributed by atoms with van der Waals surface area (Å²) in [7, 11) is 0. The van der Waals surface area contributed by atoms with E-state index < -0.39 is 0 Å². The predicted molar refractivity (Wildman–Crippen MR) is 41.2 cm³/mol. The Morgan fingerprint density at radius 3 is 3.18 bits per heavy atom. The van der Waals surface area contributed by atoms with Crippen LogP contribution in [0.2, 0.25) is 0 Å². The summed E-state index contributed by atoms with van der Waals surface area (Å²) < 4.78 is 5.25. The Hall–Kier alpha value is -0.890. The van der Waals surface area contributed by atoms with E-state index in [2.05, 4.69) is 0 Å². The van der Waals surface area contributed by atoms with E-state index in [1.165, 1.54) is 11.1 Å². The van der Waals surface area contributed by atoms with Gasteiger partial charge >= 0.3 is 0 Å². The van der Waals surface area contributed by atoms with Crippen molar-refractivity contribution in [2.75, 3.05) is 13.2 Å². The maximum absolute atomic E-state index is 11.0. The summed E-state index contributed by atoms with van der Waals surface area (Å²) in [5.41, 5.74) is 2.50. The van der Waals surface area contributed by atoms with Crippen molar-refractivity contribution in [1.82, 2.24) is 0 Å². The van der Waals surface area contributed by atoms with Gasteiger partial charge in [0.1, 0.15) is 0 Å². The molecule has 0 radical (unpaired) electrons. The van der Waals surface area contributed by atoms with Gasteiger partial charge in [0.25, 0.3) is 0 Å².